The molecule has 0 bridgehead atoms. The van der Waals surface area contributed by atoms with E-state index in [2.05, 4.69) is 9.56 Å². The first kappa shape index (κ1) is 8.31. The van der Waals surface area contributed by atoms with Gasteiger partial charge in [-0.1, -0.05) is 6.92 Å². The van der Waals surface area contributed by atoms with Crippen LogP contribution in [0.5, 0.6) is 0 Å². The van der Waals surface area contributed by atoms with E-state index in [-0.39, 0.29) is 0 Å². The number of hydrogen-bond donors (Lipinski definition) is 0. The smallest absolute Gasteiger partial charge is 0.0796 e. The molecule has 0 aliphatic rings. The van der Waals surface area contributed by atoms with Crippen molar-refractivity contribution in [3.8, 4) is 0 Å². The van der Waals surface area contributed by atoms with Gasteiger partial charge < -0.3 is 4.89 Å². The number of rotatable bonds is 4. The second kappa shape index (κ2) is 5.45. The summed E-state index contributed by atoms with van der Waals surface area (Å²) in [5.41, 5.74) is 0. The molecule has 0 N–H and O–H groups in total. The van der Waals surface area contributed by atoms with Crippen molar-refractivity contribution in [3.05, 3.63) is 0 Å². The van der Waals surface area contributed by atoms with Gasteiger partial charge >= 0.3 is 0 Å². The lowest BCUT2D eigenvalue weighted by Gasteiger charge is -2.17. The molecular formula is C4H10O3P-. The zero-order valence-corrected chi connectivity index (χ0v) is 5.98. The van der Waals surface area contributed by atoms with Crippen LogP contribution < -0.4 is 4.89 Å². The van der Waals surface area contributed by atoms with E-state index in [0.717, 1.165) is 0 Å². The summed E-state index contributed by atoms with van der Waals surface area (Å²) in [6.45, 7) is 4.00. The van der Waals surface area contributed by atoms with Crippen LogP contribution in [0.2, 0.25) is 0 Å². The molecule has 50 valence electrons. The lowest BCUT2D eigenvalue weighted by atomic mass is 10.9. The maximum Gasteiger partial charge on any atom is 0.0796 e. The largest absolute Gasteiger partial charge is 0.806 e. The SMILES string of the molecule is CCOOP([O-])CC. The Balaban J connectivity index is 2.86. The Kier molecular flexibility index (Phi) is 5.66. The Hall–Kier alpha value is 0.310. The summed E-state index contributed by atoms with van der Waals surface area (Å²) in [7, 11) is -1.56. The van der Waals surface area contributed by atoms with E-state index in [0.29, 0.717) is 12.8 Å². The maximum absolute atomic E-state index is 10.4. The van der Waals surface area contributed by atoms with Gasteiger partial charge in [-0.3, -0.25) is 0 Å². The Morgan fingerprint density at radius 2 is 2.12 bits per heavy atom. The average Bonchev–Trinajstić information content (AvgIpc) is 1.83. The summed E-state index contributed by atoms with van der Waals surface area (Å²) in [6, 6.07) is 0. The third-order valence-electron chi connectivity index (χ3n) is 0.512. The van der Waals surface area contributed by atoms with Crippen LogP contribution >= 0.6 is 8.38 Å². The molecule has 0 saturated carbocycles. The highest BCUT2D eigenvalue weighted by Crippen LogP contribution is 2.24. The second-order valence-electron chi connectivity index (χ2n) is 1.13. The van der Waals surface area contributed by atoms with Crippen molar-refractivity contribution >= 4 is 8.38 Å². The molecule has 0 saturated heterocycles. The monoisotopic (exact) mass is 137 g/mol. The molecule has 0 aromatic carbocycles. The first-order valence-electron chi connectivity index (χ1n) is 2.55. The Bertz CT molecular complexity index is 50.5. The van der Waals surface area contributed by atoms with E-state index in [4.69, 9.17) is 0 Å². The molecule has 0 fully saturated rings. The molecule has 1 atom stereocenters. The molecule has 0 aliphatic carbocycles. The van der Waals surface area contributed by atoms with Crippen LogP contribution in [-0.4, -0.2) is 12.8 Å². The molecule has 0 aromatic heterocycles. The minimum absolute atomic E-state index is 0.446. The third kappa shape index (κ3) is 4.47. The normalized spacial score (nSPS) is 13.9. The predicted octanol–water partition coefficient (Wildman–Crippen LogP) is 0.647. The molecule has 0 rings (SSSR count). The van der Waals surface area contributed by atoms with Crippen LogP contribution in [0.4, 0.5) is 0 Å². The van der Waals surface area contributed by atoms with E-state index in [1.165, 1.54) is 0 Å². The highest BCUT2D eigenvalue weighted by Gasteiger charge is 1.86. The van der Waals surface area contributed by atoms with Crippen molar-refractivity contribution in [2.24, 2.45) is 0 Å². The van der Waals surface area contributed by atoms with Gasteiger partial charge in [0.15, 0.2) is 0 Å². The maximum atomic E-state index is 10.4. The lowest BCUT2D eigenvalue weighted by Crippen LogP contribution is -2.01. The zero-order valence-electron chi connectivity index (χ0n) is 5.09. The summed E-state index contributed by atoms with van der Waals surface area (Å²) < 4.78 is 4.35. The Morgan fingerprint density at radius 1 is 1.50 bits per heavy atom. The fraction of sp³-hybridized carbons (Fsp3) is 1.00. The van der Waals surface area contributed by atoms with Gasteiger partial charge in [-0.15, -0.1) is 0 Å². The average molecular weight is 137 g/mol. The molecule has 4 heteroatoms. The van der Waals surface area contributed by atoms with E-state index in [9.17, 15) is 4.89 Å². The Labute approximate surface area is 50.5 Å². The molecule has 3 nitrogen and oxygen atoms in total. The molecule has 0 amide bonds. The summed E-state index contributed by atoms with van der Waals surface area (Å²) in [5.74, 6) is 0. The van der Waals surface area contributed by atoms with Crippen LogP contribution in [0.15, 0.2) is 0 Å². The summed E-state index contributed by atoms with van der Waals surface area (Å²) in [5, 5.41) is 0. The molecule has 0 heterocycles. The van der Waals surface area contributed by atoms with Crippen LogP contribution in [0.1, 0.15) is 13.8 Å². The van der Waals surface area contributed by atoms with Crippen molar-refractivity contribution in [3.63, 3.8) is 0 Å². The topological polar surface area (TPSA) is 41.5 Å². The van der Waals surface area contributed by atoms with Crippen LogP contribution in [0, 0.1) is 0 Å². The molecule has 0 aromatic rings. The minimum atomic E-state index is -1.56. The van der Waals surface area contributed by atoms with Gasteiger partial charge in [0.05, 0.1) is 6.61 Å². The quantitative estimate of drug-likeness (QED) is 0.324. The fourth-order valence-electron chi connectivity index (χ4n) is 0.164. The van der Waals surface area contributed by atoms with E-state index >= 15 is 0 Å². The van der Waals surface area contributed by atoms with Crippen LogP contribution in [-0.2, 0) is 9.56 Å². The van der Waals surface area contributed by atoms with Gasteiger partial charge in [-0.25, -0.2) is 9.56 Å². The van der Waals surface area contributed by atoms with Crippen molar-refractivity contribution in [1.82, 2.24) is 0 Å². The summed E-state index contributed by atoms with van der Waals surface area (Å²) in [4.78, 5) is 14.8. The van der Waals surface area contributed by atoms with Crippen molar-refractivity contribution in [2.75, 3.05) is 12.8 Å². The van der Waals surface area contributed by atoms with E-state index in [1.807, 2.05) is 0 Å². The van der Waals surface area contributed by atoms with Gasteiger partial charge in [0.2, 0.25) is 0 Å². The minimum Gasteiger partial charge on any atom is -0.806 e. The van der Waals surface area contributed by atoms with Crippen molar-refractivity contribution in [2.45, 2.75) is 13.8 Å². The lowest BCUT2D eigenvalue weighted by molar-refractivity contribution is -0.266. The standard InChI is InChI=1S/C4H10O3P/c1-3-6-7-8(5)4-2/h3-4H2,1-2H3/q-1. The summed E-state index contributed by atoms with van der Waals surface area (Å²) in [6.07, 6.45) is 0.509. The molecule has 8 heavy (non-hydrogen) atoms. The van der Waals surface area contributed by atoms with Gasteiger partial charge in [0.25, 0.3) is 0 Å². The van der Waals surface area contributed by atoms with Crippen LogP contribution in [0.3, 0.4) is 0 Å². The van der Waals surface area contributed by atoms with Gasteiger partial charge in [0.1, 0.15) is 0 Å². The highest BCUT2D eigenvalue weighted by atomic mass is 31.2. The number of hydrogen-bond acceptors (Lipinski definition) is 3. The van der Waals surface area contributed by atoms with Crippen molar-refractivity contribution in [1.29, 1.82) is 0 Å². The van der Waals surface area contributed by atoms with E-state index < -0.39 is 8.38 Å². The molecule has 1 unspecified atom stereocenters. The van der Waals surface area contributed by atoms with Crippen LogP contribution in [0.25, 0.3) is 0 Å². The van der Waals surface area contributed by atoms with Gasteiger partial charge in [-0.2, -0.15) is 0 Å². The van der Waals surface area contributed by atoms with E-state index in [1.54, 1.807) is 13.8 Å². The van der Waals surface area contributed by atoms with Crippen molar-refractivity contribution < 1.29 is 14.5 Å². The zero-order chi connectivity index (χ0) is 6.41. The molecule has 0 radical (unpaired) electrons. The molecule has 0 aliphatic heterocycles. The first-order chi connectivity index (χ1) is 3.81. The first-order valence-corrected chi connectivity index (χ1v) is 3.91. The van der Waals surface area contributed by atoms with Gasteiger partial charge in [-0.05, 0) is 21.5 Å². The predicted molar refractivity (Wildman–Crippen MR) is 30.2 cm³/mol. The highest BCUT2D eigenvalue weighted by molar-refractivity contribution is 7.44. The molecular weight excluding hydrogens is 127 g/mol. The molecule has 0 spiro atoms. The van der Waals surface area contributed by atoms with Gasteiger partial charge in [0, 0.05) is 0 Å². The second-order valence-corrected chi connectivity index (χ2v) is 2.58. The summed E-state index contributed by atoms with van der Waals surface area (Å²) >= 11 is 0. The Morgan fingerprint density at radius 3 is 2.50 bits per heavy atom. The fourth-order valence-corrected chi connectivity index (χ4v) is 0.493. The third-order valence-corrected chi connectivity index (χ3v) is 1.30.